The third kappa shape index (κ3) is 4.41. The number of amides is 2. The van der Waals surface area contributed by atoms with Crippen LogP contribution in [0.5, 0.6) is 0 Å². The number of anilines is 2. The van der Waals surface area contributed by atoms with Crippen molar-refractivity contribution >= 4 is 34.9 Å². The van der Waals surface area contributed by atoms with Crippen molar-refractivity contribution in [3.8, 4) is 11.1 Å². The number of carbonyl (C=O) groups is 2. The lowest BCUT2D eigenvalue weighted by Gasteiger charge is -2.12. The molecule has 29 heavy (non-hydrogen) atoms. The molecule has 0 bridgehead atoms. The van der Waals surface area contributed by atoms with Crippen molar-refractivity contribution < 1.29 is 14.0 Å². The summed E-state index contributed by atoms with van der Waals surface area (Å²) in [5.41, 5.74) is 1.41. The molecule has 0 spiro atoms. The summed E-state index contributed by atoms with van der Waals surface area (Å²) in [5, 5.41) is 5.73. The van der Waals surface area contributed by atoms with Gasteiger partial charge in [-0.15, -0.1) is 0 Å². The van der Waals surface area contributed by atoms with Crippen LogP contribution in [0.4, 0.5) is 15.9 Å². The molecule has 2 N–H and O–H groups in total. The number of halogens is 2. The van der Waals surface area contributed by atoms with Crippen molar-refractivity contribution in [3.05, 3.63) is 71.4 Å². The highest BCUT2D eigenvalue weighted by Gasteiger charge is 2.29. The highest BCUT2D eigenvalue weighted by Crippen LogP contribution is 2.31. The number of nitrogens with one attached hydrogen (secondary N) is 2. The minimum Gasteiger partial charge on any atom is -0.320 e. The molecular weight excluding hydrogens is 395 g/mol. The SMILES string of the molecule is O=C(Nc1cnccc1-c1ccc(Cl)cc1F)c1ccnc(NC(=O)C2CC2)c1. The van der Waals surface area contributed by atoms with E-state index < -0.39 is 11.7 Å². The molecule has 1 fully saturated rings. The second kappa shape index (κ2) is 7.97. The lowest BCUT2D eigenvalue weighted by Crippen LogP contribution is -2.16. The van der Waals surface area contributed by atoms with Crippen LogP contribution in [0.25, 0.3) is 11.1 Å². The molecule has 1 aliphatic rings. The molecule has 0 atom stereocenters. The lowest BCUT2D eigenvalue weighted by atomic mass is 10.0. The Labute approximate surface area is 171 Å². The van der Waals surface area contributed by atoms with E-state index in [-0.39, 0.29) is 16.8 Å². The van der Waals surface area contributed by atoms with Crippen molar-refractivity contribution in [1.82, 2.24) is 9.97 Å². The first kappa shape index (κ1) is 19.0. The van der Waals surface area contributed by atoms with Crippen LogP contribution in [-0.2, 0) is 4.79 Å². The second-order valence-corrected chi connectivity index (χ2v) is 7.13. The summed E-state index contributed by atoms with van der Waals surface area (Å²) >= 11 is 5.82. The van der Waals surface area contributed by atoms with Crippen molar-refractivity contribution in [2.24, 2.45) is 5.92 Å². The smallest absolute Gasteiger partial charge is 0.255 e. The van der Waals surface area contributed by atoms with E-state index in [4.69, 9.17) is 11.6 Å². The average molecular weight is 411 g/mol. The number of nitrogens with zero attached hydrogens (tertiary/aromatic N) is 2. The van der Waals surface area contributed by atoms with Crippen LogP contribution in [0.15, 0.2) is 55.0 Å². The summed E-state index contributed by atoms with van der Waals surface area (Å²) in [4.78, 5) is 32.7. The number of aromatic nitrogens is 2. The fraction of sp³-hybridized carbons (Fsp3) is 0.143. The molecule has 0 unspecified atom stereocenters. The molecule has 2 heterocycles. The van der Waals surface area contributed by atoms with Crippen molar-refractivity contribution in [1.29, 1.82) is 0 Å². The number of hydrogen-bond donors (Lipinski definition) is 2. The van der Waals surface area contributed by atoms with Crippen LogP contribution >= 0.6 is 11.6 Å². The van der Waals surface area contributed by atoms with Gasteiger partial charge in [-0.05, 0) is 49.2 Å². The van der Waals surface area contributed by atoms with Gasteiger partial charge in [0, 0.05) is 40.0 Å². The van der Waals surface area contributed by atoms with E-state index in [9.17, 15) is 14.0 Å². The Bertz CT molecular complexity index is 1100. The van der Waals surface area contributed by atoms with Crippen LogP contribution in [0.3, 0.4) is 0 Å². The molecule has 1 saturated carbocycles. The second-order valence-electron chi connectivity index (χ2n) is 6.69. The molecule has 3 aromatic rings. The first-order chi connectivity index (χ1) is 14.0. The van der Waals surface area contributed by atoms with Gasteiger partial charge in [0.25, 0.3) is 5.91 Å². The van der Waals surface area contributed by atoms with E-state index >= 15 is 0 Å². The monoisotopic (exact) mass is 410 g/mol. The van der Waals surface area contributed by atoms with Gasteiger partial charge in [-0.25, -0.2) is 9.37 Å². The van der Waals surface area contributed by atoms with Gasteiger partial charge in [0.15, 0.2) is 0 Å². The van der Waals surface area contributed by atoms with Crippen LogP contribution in [-0.4, -0.2) is 21.8 Å². The van der Waals surface area contributed by atoms with Crippen LogP contribution in [0.1, 0.15) is 23.2 Å². The largest absolute Gasteiger partial charge is 0.320 e. The minimum absolute atomic E-state index is 0.0292. The Balaban J connectivity index is 1.57. The maximum atomic E-state index is 14.4. The van der Waals surface area contributed by atoms with E-state index in [1.807, 2.05) is 0 Å². The summed E-state index contributed by atoms with van der Waals surface area (Å²) in [5.74, 6) is -0.694. The molecule has 0 aliphatic heterocycles. The first-order valence-corrected chi connectivity index (χ1v) is 9.37. The van der Waals surface area contributed by atoms with Crippen molar-refractivity contribution in [2.75, 3.05) is 10.6 Å². The highest BCUT2D eigenvalue weighted by molar-refractivity contribution is 6.30. The van der Waals surface area contributed by atoms with Crippen molar-refractivity contribution in [3.63, 3.8) is 0 Å². The Hall–Kier alpha value is -3.32. The van der Waals surface area contributed by atoms with Gasteiger partial charge < -0.3 is 10.6 Å². The van der Waals surface area contributed by atoms with Crippen molar-refractivity contribution in [2.45, 2.75) is 12.8 Å². The molecule has 146 valence electrons. The van der Waals surface area contributed by atoms with E-state index in [0.717, 1.165) is 12.8 Å². The molecular formula is C21H16ClFN4O2. The number of benzene rings is 1. The third-order valence-electron chi connectivity index (χ3n) is 4.51. The fourth-order valence-corrected chi connectivity index (χ4v) is 3.00. The zero-order valence-corrected chi connectivity index (χ0v) is 15.9. The summed E-state index contributed by atoms with van der Waals surface area (Å²) in [7, 11) is 0. The predicted molar refractivity (Wildman–Crippen MR) is 108 cm³/mol. The van der Waals surface area contributed by atoms with Crippen LogP contribution in [0, 0.1) is 11.7 Å². The van der Waals surface area contributed by atoms with E-state index in [1.165, 1.54) is 36.8 Å². The van der Waals surface area contributed by atoms with Gasteiger partial charge in [-0.2, -0.15) is 0 Å². The minimum atomic E-state index is -0.506. The number of carbonyl (C=O) groups excluding carboxylic acids is 2. The Morgan fingerprint density at radius 3 is 2.62 bits per heavy atom. The van der Waals surface area contributed by atoms with Crippen LogP contribution < -0.4 is 10.6 Å². The molecule has 1 aromatic carbocycles. The number of pyridine rings is 2. The highest BCUT2D eigenvalue weighted by atomic mass is 35.5. The maximum absolute atomic E-state index is 14.4. The fourth-order valence-electron chi connectivity index (χ4n) is 2.85. The van der Waals surface area contributed by atoms with Crippen LogP contribution in [0.2, 0.25) is 5.02 Å². The van der Waals surface area contributed by atoms with Gasteiger partial charge in [0.2, 0.25) is 5.91 Å². The quantitative estimate of drug-likeness (QED) is 0.647. The Kier molecular flexibility index (Phi) is 5.22. The average Bonchev–Trinajstić information content (AvgIpc) is 3.54. The molecule has 8 heteroatoms. The zero-order chi connectivity index (χ0) is 20.4. The zero-order valence-electron chi connectivity index (χ0n) is 15.2. The standard InChI is InChI=1S/C21H16ClFN4O2/c22-14-3-4-15(17(23)10-14)16-6-7-24-11-18(16)26-21(29)13-5-8-25-19(9-13)27-20(28)12-1-2-12/h3-12H,1-2H2,(H,26,29)(H,25,27,28). The number of rotatable bonds is 5. The molecule has 2 amide bonds. The molecule has 0 radical (unpaired) electrons. The number of hydrogen-bond acceptors (Lipinski definition) is 4. The first-order valence-electron chi connectivity index (χ1n) is 8.99. The topological polar surface area (TPSA) is 84.0 Å². The van der Waals surface area contributed by atoms with E-state index in [1.54, 1.807) is 18.2 Å². The van der Waals surface area contributed by atoms with Gasteiger partial charge in [-0.3, -0.25) is 14.6 Å². The summed E-state index contributed by atoms with van der Waals surface area (Å²) in [6.45, 7) is 0. The van der Waals surface area contributed by atoms with Gasteiger partial charge in [-0.1, -0.05) is 11.6 Å². The Morgan fingerprint density at radius 1 is 1.03 bits per heavy atom. The molecule has 0 saturated heterocycles. The Morgan fingerprint density at radius 2 is 1.86 bits per heavy atom. The molecule has 4 rings (SSSR count). The van der Waals surface area contributed by atoms with Gasteiger partial charge in [0.1, 0.15) is 11.6 Å². The van der Waals surface area contributed by atoms with E-state index in [2.05, 4.69) is 20.6 Å². The summed E-state index contributed by atoms with van der Waals surface area (Å²) in [6, 6.07) is 8.95. The lowest BCUT2D eigenvalue weighted by molar-refractivity contribution is -0.117. The third-order valence-corrected chi connectivity index (χ3v) is 4.75. The predicted octanol–water partition coefficient (Wildman–Crippen LogP) is 4.54. The maximum Gasteiger partial charge on any atom is 0.255 e. The molecule has 1 aliphatic carbocycles. The molecule has 2 aromatic heterocycles. The summed E-state index contributed by atoms with van der Waals surface area (Å²) in [6.07, 6.45) is 6.14. The molecule has 6 nitrogen and oxygen atoms in total. The van der Waals surface area contributed by atoms with Gasteiger partial charge >= 0.3 is 0 Å². The normalized spacial score (nSPS) is 13.0. The van der Waals surface area contributed by atoms with E-state index in [0.29, 0.717) is 28.2 Å². The summed E-state index contributed by atoms with van der Waals surface area (Å²) < 4.78 is 14.4. The van der Waals surface area contributed by atoms with Gasteiger partial charge in [0.05, 0.1) is 11.9 Å².